The first kappa shape index (κ1) is 22.0. The maximum atomic E-state index is 12.6. The van der Waals surface area contributed by atoms with Crippen molar-refractivity contribution in [1.82, 2.24) is 10.3 Å². The largest absolute Gasteiger partial charge is 0.438 e. The van der Waals surface area contributed by atoms with Crippen molar-refractivity contribution in [3.63, 3.8) is 0 Å². The number of carbonyl (C=O) groups is 1. The van der Waals surface area contributed by atoms with Gasteiger partial charge in [-0.3, -0.25) is 9.36 Å². The van der Waals surface area contributed by atoms with Gasteiger partial charge in [0.25, 0.3) is 0 Å². The van der Waals surface area contributed by atoms with Gasteiger partial charge in [-0.15, -0.1) is 0 Å². The molecule has 1 aromatic heterocycles. The van der Waals surface area contributed by atoms with E-state index >= 15 is 0 Å². The molecule has 8 nitrogen and oxygen atoms in total. The SMILES string of the molecule is CC(=O)NCP(=O)(O)OOc1ccc(Oc2ncc(C(F)(F)F)cc2Cl)cc1. The maximum Gasteiger partial charge on any atom is 0.417 e. The van der Waals surface area contributed by atoms with Crippen LogP contribution in [0.2, 0.25) is 5.02 Å². The molecule has 0 aliphatic rings. The van der Waals surface area contributed by atoms with Gasteiger partial charge >= 0.3 is 13.8 Å². The fourth-order valence-electron chi connectivity index (χ4n) is 1.67. The van der Waals surface area contributed by atoms with Crippen LogP contribution in [0.15, 0.2) is 36.5 Å². The van der Waals surface area contributed by atoms with Gasteiger partial charge in [-0.05, 0) is 30.3 Å². The van der Waals surface area contributed by atoms with Gasteiger partial charge < -0.3 is 19.8 Å². The molecule has 2 aromatic rings. The summed E-state index contributed by atoms with van der Waals surface area (Å²) in [7, 11) is -4.21. The molecule has 1 heterocycles. The third-order valence-corrected chi connectivity index (χ3v) is 4.09. The zero-order chi connectivity index (χ0) is 20.9. The molecule has 0 spiro atoms. The van der Waals surface area contributed by atoms with E-state index in [9.17, 15) is 27.4 Å². The number of carbonyl (C=O) groups excluding carboxylic acids is 1. The van der Waals surface area contributed by atoms with E-state index in [-0.39, 0.29) is 22.4 Å². The first-order valence-corrected chi connectivity index (χ1v) is 9.53. The van der Waals surface area contributed by atoms with Crippen molar-refractivity contribution in [3.8, 4) is 17.4 Å². The summed E-state index contributed by atoms with van der Waals surface area (Å²) >= 11 is 5.75. The Morgan fingerprint density at radius 2 is 1.89 bits per heavy atom. The van der Waals surface area contributed by atoms with Crippen LogP contribution in [0.4, 0.5) is 13.2 Å². The topological polar surface area (TPSA) is 107 Å². The smallest absolute Gasteiger partial charge is 0.417 e. The lowest BCUT2D eigenvalue weighted by Gasteiger charge is -2.12. The third kappa shape index (κ3) is 6.68. The molecule has 0 saturated carbocycles. The molecule has 2 rings (SSSR count). The summed E-state index contributed by atoms with van der Waals surface area (Å²) in [5.74, 6) is -0.576. The van der Waals surface area contributed by atoms with Gasteiger partial charge in [-0.25, -0.2) is 4.98 Å². The van der Waals surface area contributed by atoms with Crippen LogP contribution < -0.4 is 14.9 Å². The van der Waals surface area contributed by atoms with Crippen molar-refractivity contribution < 1.29 is 41.7 Å². The van der Waals surface area contributed by atoms with Gasteiger partial charge in [0.1, 0.15) is 17.1 Å². The van der Waals surface area contributed by atoms with Crippen LogP contribution in [-0.4, -0.2) is 22.1 Å². The number of benzene rings is 1. The van der Waals surface area contributed by atoms with Gasteiger partial charge in [-0.1, -0.05) is 16.3 Å². The Morgan fingerprint density at radius 1 is 1.29 bits per heavy atom. The molecular weight excluding hydrogens is 428 g/mol. The fraction of sp³-hybridized carbons (Fsp3) is 0.200. The van der Waals surface area contributed by atoms with Gasteiger partial charge in [0, 0.05) is 13.1 Å². The number of alkyl halides is 3. The summed E-state index contributed by atoms with van der Waals surface area (Å²) in [6.07, 6.45) is -4.64. The summed E-state index contributed by atoms with van der Waals surface area (Å²) in [6.45, 7) is 1.16. The first-order valence-electron chi connectivity index (χ1n) is 7.39. The van der Waals surface area contributed by atoms with Crippen LogP contribution in [0.1, 0.15) is 12.5 Å². The van der Waals surface area contributed by atoms with Crippen LogP contribution in [0.25, 0.3) is 0 Å². The van der Waals surface area contributed by atoms with Crippen molar-refractivity contribution in [2.75, 3.05) is 6.29 Å². The molecule has 0 radical (unpaired) electrons. The standard InChI is InChI=1S/C15H13ClF3N2O6P/c1-9(22)21-8-28(23,24)27-26-12-4-2-11(3-5-12)25-14-13(16)6-10(7-20-14)15(17,18)19/h2-7H,8H2,1H3,(H,21,22)(H,23,24). The van der Waals surface area contributed by atoms with E-state index in [0.717, 1.165) is 6.92 Å². The highest BCUT2D eigenvalue weighted by atomic mass is 35.5. The molecule has 1 amide bonds. The Bertz CT molecular complexity index is 894. The normalized spacial score (nSPS) is 13.5. The van der Waals surface area contributed by atoms with E-state index in [1.165, 1.54) is 24.3 Å². The summed E-state index contributed by atoms with van der Waals surface area (Å²) < 4.78 is 59.1. The van der Waals surface area contributed by atoms with Gasteiger partial charge in [0.05, 0.1) is 5.56 Å². The van der Waals surface area contributed by atoms with Crippen LogP contribution in [-0.2, 0) is 20.2 Å². The lowest BCUT2D eigenvalue weighted by atomic mass is 10.3. The minimum atomic E-state index is -4.58. The van der Waals surface area contributed by atoms with E-state index in [0.29, 0.717) is 12.3 Å². The molecule has 2 N–H and O–H groups in total. The molecule has 1 atom stereocenters. The molecule has 0 bridgehead atoms. The Morgan fingerprint density at radius 3 is 2.43 bits per heavy atom. The minimum Gasteiger partial charge on any atom is -0.438 e. The second kappa shape index (κ2) is 8.78. The number of hydrogen-bond donors (Lipinski definition) is 2. The first-order chi connectivity index (χ1) is 13.0. The van der Waals surface area contributed by atoms with Crippen LogP contribution >= 0.6 is 19.2 Å². The predicted octanol–water partition coefficient (Wildman–Crippen LogP) is 4.14. The van der Waals surface area contributed by atoms with Crippen LogP contribution in [0, 0.1) is 0 Å². The summed E-state index contributed by atoms with van der Waals surface area (Å²) in [5, 5.41) is 1.77. The fourth-order valence-corrected chi connectivity index (χ4v) is 2.55. The Hall–Kier alpha value is -2.33. The van der Waals surface area contributed by atoms with E-state index in [4.69, 9.17) is 21.2 Å². The van der Waals surface area contributed by atoms with Gasteiger partial charge in [0.2, 0.25) is 11.8 Å². The van der Waals surface area contributed by atoms with E-state index in [1.54, 1.807) is 0 Å². The number of rotatable bonds is 7. The van der Waals surface area contributed by atoms with Crippen molar-refractivity contribution in [3.05, 3.63) is 47.1 Å². The van der Waals surface area contributed by atoms with E-state index in [2.05, 4.69) is 15.0 Å². The number of amides is 1. The molecule has 28 heavy (non-hydrogen) atoms. The molecule has 1 unspecified atom stereocenters. The Labute approximate surface area is 161 Å². The molecule has 13 heteroatoms. The second-order valence-electron chi connectivity index (χ2n) is 5.27. The molecule has 152 valence electrons. The van der Waals surface area contributed by atoms with Gasteiger partial charge in [0.15, 0.2) is 5.75 Å². The van der Waals surface area contributed by atoms with Crippen LogP contribution in [0.5, 0.6) is 17.4 Å². The number of nitrogens with zero attached hydrogens (tertiary/aromatic N) is 1. The van der Waals surface area contributed by atoms with Crippen molar-refractivity contribution in [1.29, 1.82) is 0 Å². The minimum absolute atomic E-state index is 0.0240. The molecule has 0 aliphatic heterocycles. The average molecular weight is 441 g/mol. The third-order valence-electron chi connectivity index (χ3n) is 2.95. The molecule has 0 fully saturated rings. The summed E-state index contributed by atoms with van der Waals surface area (Å²) in [6, 6.07) is 5.95. The van der Waals surface area contributed by atoms with Gasteiger partial charge in [-0.2, -0.15) is 13.2 Å². The molecule has 0 aliphatic carbocycles. The number of aromatic nitrogens is 1. The molecule has 1 aromatic carbocycles. The van der Waals surface area contributed by atoms with E-state index < -0.39 is 31.5 Å². The highest BCUT2D eigenvalue weighted by molar-refractivity contribution is 7.52. The monoisotopic (exact) mass is 440 g/mol. The Kier molecular flexibility index (Phi) is 6.89. The molecule has 0 saturated heterocycles. The zero-order valence-electron chi connectivity index (χ0n) is 14.1. The second-order valence-corrected chi connectivity index (χ2v) is 7.42. The lowest BCUT2D eigenvalue weighted by molar-refractivity contribution is -0.137. The van der Waals surface area contributed by atoms with Crippen molar-refractivity contribution in [2.24, 2.45) is 0 Å². The number of halogens is 4. The maximum absolute atomic E-state index is 12.6. The van der Waals surface area contributed by atoms with Crippen LogP contribution in [0.3, 0.4) is 0 Å². The number of ether oxygens (including phenoxy) is 1. The highest BCUT2D eigenvalue weighted by Gasteiger charge is 2.31. The quantitative estimate of drug-likeness (QED) is 0.378. The van der Waals surface area contributed by atoms with Crippen molar-refractivity contribution >= 4 is 25.1 Å². The Balaban J connectivity index is 1.98. The van der Waals surface area contributed by atoms with Crippen molar-refractivity contribution in [2.45, 2.75) is 13.1 Å². The number of pyridine rings is 1. The average Bonchev–Trinajstić information content (AvgIpc) is 2.60. The highest BCUT2D eigenvalue weighted by Crippen LogP contribution is 2.41. The molecular formula is C15H13ClF3N2O6P. The summed E-state index contributed by atoms with van der Waals surface area (Å²) in [5.41, 5.74) is -1.02. The zero-order valence-corrected chi connectivity index (χ0v) is 15.7. The number of hydrogen-bond acceptors (Lipinski definition) is 6. The number of nitrogens with one attached hydrogen (secondary N) is 1. The predicted molar refractivity (Wildman–Crippen MR) is 91.0 cm³/mol. The lowest BCUT2D eigenvalue weighted by Crippen LogP contribution is -2.22. The van der Waals surface area contributed by atoms with E-state index in [1.807, 2.05) is 0 Å². The summed E-state index contributed by atoms with van der Waals surface area (Å²) in [4.78, 5) is 28.4.